The molecule has 1 aromatic carbocycles. The zero-order valence-corrected chi connectivity index (χ0v) is 10.7. The molecule has 0 atom stereocenters. The van der Waals surface area contributed by atoms with Crippen LogP contribution in [-0.4, -0.2) is 33.7 Å². The minimum Gasteiger partial charge on any atom is -0.409 e. The SMILES string of the molecule is NC(CCN(C(=O)c1cn[nH]c1)c1ccccc1)=NO. The first kappa shape index (κ1) is 13.6. The van der Waals surface area contributed by atoms with E-state index >= 15 is 0 Å². The van der Waals surface area contributed by atoms with Crippen molar-refractivity contribution < 1.29 is 10.0 Å². The highest BCUT2D eigenvalue weighted by Crippen LogP contribution is 2.16. The van der Waals surface area contributed by atoms with E-state index in [0.717, 1.165) is 5.69 Å². The number of hydrogen-bond acceptors (Lipinski definition) is 4. The molecule has 7 heteroatoms. The molecule has 104 valence electrons. The predicted molar refractivity (Wildman–Crippen MR) is 74.7 cm³/mol. The summed E-state index contributed by atoms with van der Waals surface area (Å²) in [6.45, 7) is 0.309. The standard InChI is InChI=1S/C13H15N5O2/c14-12(17-20)6-7-18(11-4-2-1-3-5-11)13(19)10-8-15-16-9-10/h1-5,8-9,20H,6-7H2,(H2,14,17)(H,15,16). The van der Waals surface area contributed by atoms with Gasteiger partial charge in [-0.15, -0.1) is 0 Å². The fourth-order valence-electron chi connectivity index (χ4n) is 1.76. The first-order valence-electron chi connectivity index (χ1n) is 6.04. The van der Waals surface area contributed by atoms with Gasteiger partial charge in [-0.05, 0) is 12.1 Å². The molecule has 4 N–H and O–H groups in total. The number of aromatic nitrogens is 2. The molecule has 7 nitrogen and oxygen atoms in total. The molecular formula is C13H15N5O2. The third-order valence-corrected chi connectivity index (χ3v) is 2.78. The molecule has 2 aromatic rings. The van der Waals surface area contributed by atoms with Crippen molar-refractivity contribution in [3.05, 3.63) is 48.3 Å². The highest BCUT2D eigenvalue weighted by molar-refractivity contribution is 6.06. The lowest BCUT2D eigenvalue weighted by molar-refractivity contribution is 0.0987. The molecule has 0 unspecified atom stereocenters. The third kappa shape index (κ3) is 3.14. The summed E-state index contributed by atoms with van der Waals surface area (Å²) in [5.74, 6) is -0.124. The Morgan fingerprint density at radius 3 is 2.75 bits per heavy atom. The van der Waals surface area contributed by atoms with Gasteiger partial charge in [0.1, 0.15) is 5.84 Å². The molecule has 0 saturated heterocycles. The average Bonchev–Trinajstić information content (AvgIpc) is 3.02. The molecule has 0 spiro atoms. The Hall–Kier alpha value is -2.83. The Bertz CT molecular complexity index is 580. The van der Waals surface area contributed by atoms with E-state index in [9.17, 15) is 4.79 Å². The van der Waals surface area contributed by atoms with Crippen LogP contribution in [0.4, 0.5) is 5.69 Å². The maximum absolute atomic E-state index is 12.4. The molecule has 20 heavy (non-hydrogen) atoms. The number of aromatic amines is 1. The number of carbonyl (C=O) groups excluding carboxylic acids is 1. The number of carbonyl (C=O) groups is 1. The highest BCUT2D eigenvalue weighted by atomic mass is 16.4. The smallest absolute Gasteiger partial charge is 0.261 e. The fraction of sp³-hybridized carbons (Fsp3) is 0.154. The Labute approximate surface area is 115 Å². The van der Waals surface area contributed by atoms with Crippen molar-refractivity contribution in [2.45, 2.75) is 6.42 Å². The van der Waals surface area contributed by atoms with Crippen LogP contribution in [0.2, 0.25) is 0 Å². The Morgan fingerprint density at radius 2 is 2.15 bits per heavy atom. The number of anilines is 1. The van der Waals surface area contributed by atoms with Gasteiger partial charge in [-0.3, -0.25) is 9.89 Å². The second-order valence-electron chi connectivity index (χ2n) is 4.12. The van der Waals surface area contributed by atoms with E-state index in [1.54, 1.807) is 4.90 Å². The normalized spacial score (nSPS) is 11.3. The summed E-state index contributed by atoms with van der Waals surface area (Å²) in [5.41, 5.74) is 6.65. The molecule has 1 amide bonds. The molecule has 0 aliphatic rings. The van der Waals surface area contributed by atoms with Gasteiger partial charge in [0, 0.05) is 24.8 Å². The van der Waals surface area contributed by atoms with Crippen molar-refractivity contribution in [3.8, 4) is 0 Å². The number of nitrogens with zero attached hydrogens (tertiary/aromatic N) is 3. The fourth-order valence-corrected chi connectivity index (χ4v) is 1.76. The van der Waals surface area contributed by atoms with Crippen molar-refractivity contribution in [2.75, 3.05) is 11.4 Å². The first-order chi connectivity index (χ1) is 9.72. The van der Waals surface area contributed by atoms with E-state index in [1.807, 2.05) is 30.3 Å². The van der Waals surface area contributed by atoms with E-state index in [1.165, 1.54) is 12.4 Å². The summed E-state index contributed by atoms with van der Waals surface area (Å²) < 4.78 is 0. The van der Waals surface area contributed by atoms with Crippen LogP contribution < -0.4 is 10.6 Å². The topological polar surface area (TPSA) is 108 Å². The van der Waals surface area contributed by atoms with Gasteiger partial charge in [0.2, 0.25) is 0 Å². The van der Waals surface area contributed by atoms with Crippen LogP contribution in [0.1, 0.15) is 16.8 Å². The number of H-pyrrole nitrogens is 1. The molecule has 0 radical (unpaired) electrons. The molecule has 0 fully saturated rings. The van der Waals surface area contributed by atoms with Gasteiger partial charge in [0.15, 0.2) is 0 Å². The maximum Gasteiger partial charge on any atom is 0.261 e. The molecule has 2 rings (SSSR count). The van der Waals surface area contributed by atoms with Gasteiger partial charge in [0.05, 0.1) is 11.8 Å². The lowest BCUT2D eigenvalue weighted by atomic mass is 10.2. The summed E-state index contributed by atoms with van der Waals surface area (Å²) in [5, 5.41) is 17.9. The van der Waals surface area contributed by atoms with Crippen LogP contribution in [0.5, 0.6) is 0 Å². The lowest BCUT2D eigenvalue weighted by Crippen LogP contribution is -2.34. The molecule has 0 bridgehead atoms. The van der Waals surface area contributed by atoms with Crippen molar-refractivity contribution in [1.29, 1.82) is 0 Å². The van der Waals surface area contributed by atoms with Gasteiger partial charge in [0.25, 0.3) is 5.91 Å². The summed E-state index contributed by atoms with van der Waals surface area (Å²) in [6, 6.07) is 9.20. The second-order valence-corrected chi connectivity index (χ2v) is 4.12. The second kappa shape index (κ2) is 6.37. The van der Waals surface area contributed by atoms with Crippen LogP contribution in [0, 0.1) is 0 Å². The number of nitrogens with one attached hydrogen (secondary N) is 1. The number of amidine groups is 1. The lowest BCUT2D eigenvalue weighted by Gasteiger charge is -2.22. The predicted octanol–water partition coefficient (Wildman–Crippen LogP) is 1.19. The zero-order valence-electron chi connectivity index (χ0n) is 10.7. The summed E-state index contributed by atoms with van der Waals surface area (Å²) >= 11 is 0. The van der Waals surface area contributed by atoms with Gasteiger partial charge < -0.3 is 15.8 Å². The Balaban J connectivity index is 2.22. The Morgan fingerprint density at radius 1 is 1.40 bits per heavy atom. The molecule has 1 heterocycles. The Kier molecular flexibility index (Phi) is 4.33. The molecule has 0 aliphatic carbocycles. The van der Waals surface area contributed by atoms with Crippen molar-refractivity contribution in [3.63, 3.8) is 0 Å². The largest absolute Gasteiger partial charge is 0.409 e. The van der Waals surface area contributed by atoms with E-state index in [4.69, 9.17) is 10.9 Å². The first-order valence-corrected chi connectivity index (χ1v) is 6.04. The summed E-state index contributed by atoms with van der Waals surface area (Å²) in [4.78, 5) is 14.0. The van der Waals surface area contributed by atoms with E-state index in [0.29, 0.717) is 12.1 Å². The van der Waals surface area contributed by atoms with Crippen LogP contribution in [0.3, 0.4) is 0 Å². The number of para-hydroxylation sites is 1. The number of amides is 1. The summed E-state index contributed by atoms with van der Waals surface area (Å²) in [7, 11) is 0. The number of hydrogen-bond donors (Lipinski definition) is 3. The van der Waals surface area contributed by atoms with Crippen LogP contribution in [0.15, 0.2) is 47.9 Å². The van der Waals surface area contributed by atoms with Gasteiger partial charge in [-0.2, -0.15) is 5.10 Å². The van der Waals surface area contributed by atoms with Gasteiger partial charge in [-0.25, -0.2) is 0 Å². The number of benzene rings is 1. The average molecular weight is 273 g/mol. The quantitative estimate of drug-likeness (QED) is 0.329. The van der Waals surface area contributed by atoms with Crippen LogP contribution >= 0.6 is 0 Å². The summed E-state index contributed by atoms with van der Waals surface area (Å²) in [6.07, 6.45) is 3.26. The molecule has 1 aromatic heterocycles. The van der Waals surface area contributed by atoms with Crippen molar-refractivity contribution >= 4 is 17.4 Å². The molecular weight excluding hydrogens is 258 g/mol. The maximum atomic E-state index is 12.4. The third-order valence-electron chi connectivity index (χ3n) is 2.78. The number of oxime groups is 1. The minimum atomic E-state index is -0.198. The van der Waals surface area contributed by atoms with E-state index in [2.05, 4.69) is 15.4 Å². The van der Waals surface area contributed by atoms with E-state index in [-0.39, 0.29) is 18.2 Å². The van der Waals surface area contributed by atoms with Gasteiger partial charge in [-0.1, -0.05) is 23.4 Å². The minimum absolute atomic E-state index is 0.0749. The zero-order chi connectivity index (χ0) is 14.4. The molecule has 0 aliphatic heterocycles. The van der Waals surface area contributed by atoms with Gasteiger partial charge >= 0.3 is 0 Å². The van der Waals surface area contributed by atoms with E-state index < -0.39 is 0 Å². The highest BCUT2D eigenvalue weighted by Gasteiger charge is 2.18. The van der Waals surface area contributed by atoms with Crippen LogP contribution in [0.25, 0.3) is 0 Å². The number of nitrogens with two attached hydrogens (primary N) is 1. The monoisotopic (exact) mass is 273 g/mol. The van der Waals surface area contributed by atoms with Crippen molar-refractivity contribution in [1.82, 2.24) is 10.2 Å². The molecule has 0 saturated carbocycles. The number of rotatable bonds is 5. The van der Waals surface area contributed by atoms with Crippen molar-refractivity contribution in [2.24, 2.45) is 10.9 Å². The van der Waals surface area contributed by atoms with Crippen LogP contribution in [-0.2, 0) is 0 Å².